The molecule has 2 N–H and O–H groups in total. The summed E-state index contributed by atoms with van der Waals surface area (Å²) < 4.78 is 10.1. The van der Waals surface area contributed by atoms with Crippen LogP contribution >= 0.6 is 0 Å². The summed E-state index contributed by atoms with van der Waals surface area (Å²) >= 11 is 0. The zero-order chi connectivity index (χ0) is 25.2. The van der Waals surface area contributed by atoms with Crippen molar-refractivity contribution >= 4 is 27.8 Å². The van der Waals surface area contributed by atoms with E-state index in [1.807, 2.05) is 24.3 Å². The van der Waals surface area contributed by atoms with Gasteiger partial charge >= 0.3 is 0 Å². The zero-order valence-corrected chi connectivity index (χ0v) is 22.8. The summed E-state index contributed by atoms with van der Waals surface area (Å²) in [6, 6.07) is 19.4. The molecule has 6 rings (SSSR count). The Morgan fingerprint density at radius 2 is 1.61 bits per heavy atom. The van der Waals surface area contributed by atoms with Crippen molar-refractivity contribution in [2.45, 2.75) is 76.3 Å². The first-order valence-electron chi connectivity index (χ1n) is 13.9. The Morgan fingerprint density at radius 3 is 2.29 bits per heavy atom. The molecule has 6 nitrogen and oxygen atoms in total. The molecule has 0 aliphatic heterocycles. The number of methoxy groups -OCH3 is 1. The van der Waals surface area contributed by atoms with Crippen LogP contribution in [-0.4, -0.2) is 28.5 Å². The minimum absolute atomic E-state index is 0. The van der Waals surface area contributed by atoms with Gasteiger partial charge in [-0.25, -0.2) is 8.97 Å². The Bertz CT molecular complexity index is 1420. The molecule has 2 heterocycles. The fourth-order valence-corrected chi connectivity index (χ4v) is 6.45. The summed E-state index contributed by atoms with van der Waals surface area (Å²) in [5.41, 5.74) is 2.61. The van der Waals surface area contributed by atoms with Crippen molar-refractivity contribution in [2.24, 2.45) is 5.16 Å². The minimum Gasteiger partial charge on any atom is -1.00 e. The summed E-state index contributed by atoms with van der Waals surface area (Å²) in [4.78, 5) is 0. The van der Waals surface area contributed by atoms with Crippen molar-refractivity contribution in [3.05, 3.63) is 72.2 Å². The molecule has 0 spiro atoms. The van der Waals surface area contributed by atoms with Crippen molar-refractivity contribution in [1.29, 1.82) is 0 Å². The molecule has 2 aromatic heterocycles. The first kappa shape index (κ1) is 26.4. The Kier molecular flexibility index (Phi) is 8.08. The Hall–Kier alpha value is -3.25. The molecule has 200 valence electrons. The standard InChI is InChI=1S/C31H36N4O2.ClH/c1-37-26-18-16-23(17-19-26)28(33-36)31-34-21-20-22-10-8-9-15-27(22)29(34)30(32-24-11-4-2-5-12-24)35(31)25-13-6-3-7-14-25;/h8-10,15-21,24-25,32H,2-7,11-14H2,1H3;1H. The maximum atomic E-state index is 10.5. The summed E-state index contributed by atoms with van der Waals surface area (Å²) in [6.07, 6.45) is 14.4. The van der Waals surface area contributed by atoms with Gasteiger partial charge < -0.3 is 22.4 Å². The van der Waals surface area contributed by atoms with Crippen LogP contribution in [0, 0.1) is 0 Å². The van der Waals surface area contributed by atoms with Crippen LogP contribution in [0.5, 0.6) is 5.75 Å². The molecule has 0 atom stereocenters. The normalized spacial score (nSPS) is 17.4. The monoisotopic (exact) mass is 532 g/mol. The lowest BCUT2D eigenvalue weighted by atomic mass is 9.94. The Labute approximate surface area is 230 Å². The number of pyridine rings is 1. The lowest BCUT2D eigenvalue weighted by Crippen LogP contribution is -3.00. The quantitative estimate of drug-likeness (QED) is 0.171. The van der Waals surface area contributed by atoms with Crippen LogP contribution in [0.2, 0.25) is 0 Å². The number of imidazole rings is 1. The number of nitrogens with zero attached hydrogens (tertiary/aromatic N) is 3. The SMILES string of the molecule is COc1ccc(/C(=N/O)c2n3ccc4ccccc4c3c(NC3CCCCC3)[n+]2C2CCCCC2)cc1.[Cl-]. The molecule has 2 aliphatic carbocycles. The van der Waals surface area contributed by atoms with Crippen LogP contribution < -0.4 is 27.0 Å². The highest BCUT2D eigenvalue weighted by atomic mass is 35.5. The van der Waals surface area contributed by atoms with E-state index in [1.165, 1.54) is 73.5 Å². The van der Waals surface area contributed by atoms with Crippen LogP contribution in [0.4, 0.5) is 5.82 Å². The summed E-state index contributed by atoms with van der Waals surface area (Å²) in [5, 5.41) is 20.9. The average Bonchev–Trinajstić information content (AvgIpc) is 3.29. The van der Waals surface area contributed by atoms with E-state index >= 15 is 0 Å². The number of hydrogen-bond acceptors (Lipinski definition) is 4. The van der Waals surface area contributed by atoms with Gasteiger partial charge in [0, 0.05) is 10.9 Å². The van der Waals surface area contributed by atoms with Gasteiger partial charge in [-0.1, -0.05) is 55.1 Å². The minimum atomic E-state index is 0. The van der Waals surface area contributed by atoms with Gasteiger partial charge in [0.1, 0.15) is 5.75 Å². The van der Waals surface area contributed by atoms with E-state index in [-0.39, 0.29) is 12.4 Å². The highest BCUT2D eigenvalue weighted by molar-refractivity contribution is 6.11. The van der Waals surface area contributed by atoms with Gasteiger partial charge in [0.2, 0.25) is 0 Å². The predicted molar refractivity (Wildman–Crippen MR) is 148 cm³/mol. The summed E-state index contributed by atoms with van der Waals surface area (Å²) in [7, 11) is 1.67. The molecule has 2 aromatic carbocycles. The van der Waals surface area contributed by atoms with E-state index < -0.39 is 0 Å². The fraction of sp³-hybridized carbons (Fsp3) is 0.419. The van der Waals surface area contributed by atoms with Crippen LogP contribution in [0.25, 0.3) is 16.3 Å². The largest absolute Gasteiger partial charge is 1.00 e. The van der Waals surface area contributed by atoms with Gasteiger partial charge in [0.15, 0.2) is 11.2 Å². The first-order chi connectivity index (χ1) is 18.3. The number of aromatic nitrogens is 2. The van der Waals surface area contributed by atoms with Gasteiger partial charge in [-0.05, 0) is 74.2 Å². The maximum Gasteiger partial charge on any atom is 0.264 e. The van der Waals surface area contributed by atoms with Crippen LogP contribution in [-0.2, 0) is 0 Å². The number of oxime groups is 1. The number of hydrogen-bond donors (Lipinski definition) is 2. The third-order valence-electron chi connectivity index (χ3n) is 8.34. The number of anilines is 1. The van der Waals surface area contributed by atoms with E-state index in [4.69, 9.17) is 4.74 Å². The molecule has 38 heavy (non-hydrogen) atoms. The lowest BCUT2D eigenvalue weighted by Gasteiger charge is -2.25. The number of nitrogens with one attached hydrogen (secondary N) is 1. The topological polar surface area (TPSA) is 62.1 Å². The van der Waals surface area contributed by atoms with E-state index in [0.717, 1.165) is 30.0 Å². The molecular weight excluding hydrogens is 496 g/mol. The molecule has 0 amide bonds. The predicted octanol–water partition coefficient (Wildman–Crippen LogP) is 3.87. The van der Waals surface area contributed by atoms with E-state index in [2.05, 4.69) is 56.0 Å². The number of benzene rings is 2. The number of fused-ring (bicyclic) bond motifs is 3. The third-order valence-corrected chi connectivity index (χ3v) is 8.34. The van der Waals surface area contributed by atoms with Crippen LogP contribution in [0.15, 0.2) is 65.9 Å². The van der Waals surface area contributed by atoms with Gasteiger partial charge in [-0.3, -0.25) is 5.32 Å². The summed E-state index contributed by atoms with van der Waals surface area (Å²) in [6.45, 7) is 0. The van der Waals surface area contributed by atoms with E-state index in [9.17, 15) is 5.21 Å². The van der Waals surface area contributed by atoms with Gasteiger partial charge in [-0.2, -0.15) is 0 Å². The number of rotatable bonds is 6. The van der Waals surface area contributed by atoms with Crippen LogP contribution in [0.3, 0.4) is 0 Å². The molecule has 2 saturated carbocycles. The van der Waals surface area contributed by atoms with E-state index in [0.29, 0.717) is 17.8 Å². The number of halogens is 1. The third kappa shape index (κ3) is 4.82. The molecule has 0 bridgehead atoms. The number of ether oxygens (including phenoxy) is 1. The second-order valence-corrected chi connectivity index (χ2v) is 10.6. The Balaban J connectivity index is 0.00000294. The van der Waals surface area contributed by atoms with Gasteiger partial charge in [-0.15, -0.1) is 0 Å². The lowest BCUT2D eigenvalue weighted by molar-refractivity contribution is -0.712. The average molecular weight is 533 g/mol. The van der Waals surface area contributed by atoms with Gasteiger partial charge in [0.25, 0.3) is 11.6 Å². The molecular formula is C31H37ClN4O2. The first-order valence-corrected chi connectivity index (χ1v) is 13.9. The molecule has 7 heteroatoms. The van der Waals surface area contributed by atoms with Crippen molar-refractivity contribution in [2.75, 3.05) is 12.4 Å². The fourth-order valence-electron chi connectivity index (χ4n) is 6.45. The van der Waals surface area contributed by atoms with Gasteiger partial charge in [0.05, 0.1) is 25.4 Å². The van der Waals surface area contributed by atoms with Crippen LogP contribution in [0.1, 0.15) is 81.6 Å². The van der Waals surface area contributed by atoms with Crippen molar-refractivity contribution in [1.82, 2.24) is 4.40 Å². The van der Waals surface area contributed by atoms with Crippen molar-refractivity contribution in [3.63, 3.8) is 0 Å². The molecule has 4 aromatic rings. The molecule has 2 aliphatic rings. The van der Waals surface area contributed by atoms with Crippen molar-refractivity contribution < 1.29 is 26.9 Å². The molecule has 0 saturated heterocycles. The smallest absolute Gasteiger partial charge is 0.264 e. The zero-order valence-electron chi connectivity index (χ0n) is 22.1. The highest BCUT2D eigenvalue weighted by Gasteiger charge is 2.36. The van der Waals surface area contributed by atoms with Crippen molar-refractivity contribution in [3.8, 4) is 5.75 Å². The molecule has 2 fully saturated rings. The molecule has 0 radical (unpaired) electrons. The second-order valence-electron chi connectivity index (χ2n) is 10.6. The highest BCUT2D eigenvalue weighted by Crippen LogP contribution is 2.34. The van der Waals surface area contributed by atoms with E-state index in [1.54, 1.807) is 7.11 Å². The Morgan fingerprint density at radius 1 is 0.921 bits per heavy atom. The summed E-state index contributed by atoms with van der Waals surface area (Å²) in [5.74, 6) is 2.88. The molecule has 0 unspecified atom stereocenters. The second kappa shape index (κ2) is 11.6. The maximum absolute atomic E-state index is 10.5.